The molecule has 0 radical (unpaired) electrons. The van der Waals surface area contributed by atoms with Crippen LogP contribution in [0.2, 0.25) is 0 Å². The van der Waals surface area contributed by atoms with Crippen LogP contribution < -0.4 is 10.6 Å². The molecule has 0 saturated carbocycles. The Bertz CT molecular complexity index is 1340. The smallest absolute Gasteiger partial charge is 0.187 e. The summed E-state index contributed by atoms with van der Waals surface area (Å²) >= 11 is 3.37. The summed E-state index contributed by atoms with van der Waals surface area (Å²) in [4.78, 5) is 2.30. The number of hydrogen-bond acceptors (Lipinski definition) is 6. The first-order valence-electron chi connectivity index (χ1n) is 11.9. The third-order valence-electron chi connectivity index (χ3n) is 5.44. The van der Waals surface area contributed by atoms with Gasteiger partial charge in [-0.1, -0.05) is 37.3 Å². The number of aromatic hydroxyl groups is 2. The molecule has 0 amide bonds. The van der Waals surface area contributed by atoms with Crippen molar-refractivity contribution in [3.63, 3.8) is 0 Å². The molecule has 10 heteroatoms. The largest absolute Gasteiger partial charge is 0.503 e. The maximum atomic E-state index is 13.2. The van der Waals surface area contributed by atoms with E-state index in [1.54, 1.807) is 23.5 Å². The standard InChI is InChI=1S/C15H15F2NOS.C14H13F2NOS/c1-2-20-14-6-4-3-5-10(14)9-18-11-7-12(16)15(19)13(17)8-11;1-19-11-4-2-9(3-5-11)8-17-10-6-12(15)14(18)13(16)7-10/h3-8,18-19H,2,9H2,1H3;2-7,17-18H,8H2,1H3. The van der Waals surface area contributed by atoms with E-state index in [4.69, 9.17) is 10.2 Å². The number of halogens is 4. The SMILES string of the molecule is CCSc1ccccc1CNc1cc(F)c(O)c(F)c1.CSc1ccc(CNc2cc(F)c(O)c(F)c2)cc1. The fourth-order valence-electron chi connectivity index (χ4n) is 3.43. The average molecular weight is 577 g/mol. The highest BCUT2D eigenvalue weighted by atomic mass is 32.2. The Balaban J connectivity index is 0.000000216. The zero-order valence-electron chi connectivity index (χ0n) is 21.3. The van der Waals surface area contributed by atoms with E-state index >= 15 is 0 Å². The molecule has 0 aliphatic rings. The van der Waals surface area contributed by atoms with Gasteiger partial charge in [0.1, 0.15) is 0 Å². The van der Waals surface area contributed by atoms with Crippen LogP contribution in [0.25, 0.3) is 0 Å². The van der Waals surface area contributed by atoms with Gasteiger partial charge >= 0.3 is 0 Å². The molecule has 206 valence electrons. The lowest BCUT2D eigenvalue weighted by Crippen LogP contribution is -2.02. The van der Waals surface area contributed by atoms with Gasteiger partial charge in [-0.15, -0.1) is 23.5 Å². The van der Waals surface area contributed by atoms with Crippen molar-refractivity contribution in [3.05, 3.63) is 107 Å². The molecule has 0 bridgehead atoms. The topological polar surface area (TPSA) is 64.5 Å². The summed E-state index contributed by atoms with van der Waals surface area (Å²) in [5, 5.41) is 23.9. The van der Waals surface area contributed by atoms with Gasteiger partial charge in [0.05, 0.1) is 0 Å². The van der Waals surface area contributed by atoms with Crippen molar-refractivity contribution >= 4 is 34.9 Å². The quantitative estimate of drug-likeness (QED) is 0.0912. The Kier molecular flexibility index (Phi) is 11.2. The van der Waals surface area contributed by atoms with Crippen LogP contribution in [0.1, 0.15) is 18.1 Å². The second kappa shape index (κ2) is 14.6. The average Bonchev–Trinajstić information content (AvgIpc) is 2.93. The van der Waals surface area contributed by atoms with Crippen LogP contribution in [0.3, 0.4) is 0 Å². The lowest BCUT2D eigenvalue weighted by atomic mass is 10.2. The van der Waals surface area contributed by atoms with Crippen molar-refractivity contribution in [1.29, 1.82) is 0 Å². The van der Waals surface area contributed by atoms with Crippen molar-refractivity contribution in [2.24, 2.45) is 0 Å². The van der Waals surface area contributed by atoms with E-state index in [0.29, 0.717) is 24.5 Å². The van der Waals surface area contributed by atoms with Gasteiger partial charge in [0.2, 0.25) is 0 Å². The zero-order chi connectivity index (χ0) is 28.4. The molecule has 4 N–H and O–H groups in total. The minimum absolute atomic E-state index is 0.293. The van der Waals surface area contributed by atoms with Crippen LogP contribution in [-0.4, -0.2) is 22.2 Å². The number of phenolic OH excluding ortho intramolecular Hbond substituents is 2. The highest BCUT2D eigenvalue weighted by Gasteiger charge is 2.11. The van der Waals surface area contributed by atoms with Crippen LogP contribution in [0.15, 0.2) is 82.6 Å². The predicted octanol–water partition coefficient (Wildman–Crippen LogP) is 8.40. The van der Waals surface area contributed by atoms with Crippen LogP contribution in [-0.2, 0) is 13.1 Å². The third-order valence-corrected chi connectivity index (χ3v) is 7.19. The molecule has 0 aliphatic heterocycles. The summed E-state index contributed by atoms with van der Waals surface area (Å²) in [7, 11) is 0. The van der Waals surface area contributed by atoms with Crippen LogP contribution in [0.5, 0.6) is 11.5 Å². The van der Waals surface area contributed by atoms with E-state index in [1.165, 1.54) is 0 Å². The molecule has 4 nitrogen and oxygen atoms in total. The molecule has 4 rings (SSSR count). The molecule has 0 saturated heterocycles. The number of anilines is 2. The fourth-order valence-corrected chi connectivity index (χ4v) is 4.65. The first-order chi connectivity index (χ1) is 18.7. The number of phenols is 2. The fraction of sp³-hybridized carbons (Fsp3) is 0.172. The number of nitrogens with one attached hydrogen (secondary N) is 2. The molecule has 0 unspecified atom stereocenters. The normalized spacial score (nSPS) is 10.5. The van der Waals surface area contributed by atoms with E-state index in [9.17, 15) is 17.6 Å². The highest BCUT2D eigenvalue weighted by Crippen LogP contribution is 2.27. The Morgan fingerprint density at radius 3 is 1.67 bits per heavy atom. The Morgan fingerprint density at radius 1 is 0.692 bits per heavy atom. The van der Waals surface area contributed by atoms with Gasteiger partial charge in [0, 0.05) is 58.5 Å². The molecule has 39 heavy (non-hydrogen) atoms. The number of benzene rings is 4. The van der Waals surface area contributed by atoms with Crippen LogP contribution in [0.4, 0.5) is 28.9 Å². The molecule has 0 aliphatic carbocycles. The summed E-state index contributed by atoms with van der Waals surface area (Å²) in [6.07, 6.45) is 2.00. The van der Waals surface area contributed by atoms with E-state index < -0.39 is 34.8 Å². The van der Waals surface area contributed by atoms with Crippen LogP contribution >= 0.6 is 23.5 Å². The monoisotopic (exact) mass is 576 g/mol. The van der Waals surface area contributed by atoms with Gasteiger partial charge in [0.25, 0.3) is 0 Å². The first-order valence-corrected chi connectivity index (χ1v) is 14.1. The maximum Gasteiger partial charge on any atom is 0.187 e. The number of hydrogen-bond donors (Lipinski definition) is 4. The van der Waals surface area contributed by atoms with E-state index in [2.05, 4.69) is 17.6 Å². The molecular weight excluding hydrogens is 548 g/mol. The number of thioether (sulfide) groups is 2. The van der Waals surface area contributed by atoms with Crippen molar-refractivity contribution < 1.29 is 27.8 Å². The molecule has 0 fully saturated rings. The van der Waals surface area contributed by atoms with Gasteiger partial charge in [-0.3, -0.25) is 0 Å². The summed E-state index contributed by atoms with van der Waals surface area (Å²) < 4.78 is 52.7. The number of rotatable bonds is 9. The lowest BCUT2D eigenvalue weighted by Gasteiger charge is -2.11. The Labute approximate surface area is 233 Å². The van der Waals surface area contributed by atoms with Crippen molar-refractivity contribution in [1.82, 2.24) is 0 Å². The molecule has 4 aromatic rings. The Hall–Kier alpha value is -3.50. The van der Waals surface area contributed by atoms with E-state index in [0.717, 1.165) is 50.9 Å². The highest BCUT2D eigenvalue weighted by molar-refractivity contribution is 7.99. The molecule has 0 aromatic heterocycles. The first kappa shape index (κ1) is 30.0. The molecule has 0 heterocycles. The summed E-state index contributed by atoms with van der Waals surface area (Å²) in [5.41, 5.74) is 2.66. The second-order valence-electron chi connectivity index (χ2n) is 8.17. The predicted molar refractivity (Wildman–Crippen MR) is 152 cm³/mol. The Morgan fingerprint density at radius 2 is 1.18 bits per heavy atom. The van der Waals surface area contributed by atoms with E-state index in [-0.39, 0.29) is 0 Å². The maximum absolute atomic E-state index is 13.2. The van der Waals surface area contributed by atoms with Gasteiger partial charge in [0.15, 0.2) is 34.8 Å². The zero-order valence-corrected chi connectivity index (χ0v) is 22.9. The lowest BCUT2D eigenvalue weighted by molar-refractivity contribution is 0.396. The van der Waals surface area contributed by atoms with Gasteiger partial charge in [-0.2, -0.15) is 0 Å². The summed E-state index contributed by atoms with van der Waals surface area (Å²) in [5.74, 6) is -4.82. The second-order valence-corrected chi connectivity index (χ2v) is 10.4. The third kappa shape index (κ3) is 8.76. The van der Waals surface area contributed by atoms with Crippen LogP contribution in [0, 0.1) is 23.3 Å². The minimum atomic E-state index is -0.972. The molecule has 0 atom stereocenters. The van der Waals surface area contributed by atoms with Crippen molar-refractivity contribution in [2.45, 2.75) is 29.8 Å². The van der Waals surface area contributed by atoms with E-state index in [1.807, 2.05) is 54.8 Å². The van der Waals surface area contributed by atoms with Crippen molar-refractivity contribution in [3.8, 4) is 11.5 Å². The molecule has 4 aromatic carbocycles. The van der Waals surface area contributed by atoms with Gasteiger partial charge in [-0.25, -0.2) is 17.6 Å². The van der Waals surface area contributed by atoms with Gasteiger partial charge < -0.3 is 20.8 Å². The van der Waals surface area contributed by atoms with Crippen molar-refractivity contribution in [2.75, 3.05) is 22.6 Å². The molecular formula is C29H28F4N2O2S2. The van der Waals surface area contributed by atoms with Gasteiger partial charge in [-0.05, 0) is 41.3 Å². The summed E-state index contributed by atoms with van der Waals surface area (Å²) in [6, 6.07) is 20.0. The molecule has 0 spiro atoms. The summed E-state index contributed by atoms with van der Waals surface area (Å²) in [6.45, 7) is 2.99. The minimum Gasteiger partial charge on any atom is -0.503 e.